The third kappa shape index (κ3) is 1.35. The third-order valence-electron chi connectivity index (χ3n) is 2.32. The number of hydrogen-bond donors (Lipinski definition) is 1. The lowest BCUT2D eigenvalue weighted by molar-refractivity contribution is 1.10. The minimum Gasteiger partial charge on any atom is -0.375 e. The number of fused-ring (bicyclic) bond motifs is 1. The van der Waals surface area contributed by atoms with Gasteiger partial charge in [0.2, 0.25) is 0 Å². The summed E-state index contributed by atoms with van der Waals surface area (Å²) in [5.74, 6) is 0.725. The molecule has 0 amide bonds. The van der Waals surface area contributed by atoms with E-state index in [1.807, 2.05) is 35.0 Å². The van der Waals surface area contributed by atoms with Crippen LogP contribution in [-0.2, 0) is 0 Å². The van der Waals surface area contributed by atoms with Crippen molar-refractivity contribution in [2.24, 2.45) is 0 Å². The van der Waals surface area contributed by atoms with E-state index in [9.17, 15) is 0 Å². The van der Waals surface area contributed by atoms with Crippen molar-refractivity contribution in [3.05, 3.63) is 29.3 Å². The average molecular weight is 231 g/mol. The van der Waals surface area contributed by atoms with Gasteiger partial charge in [-0.25, -0.2) is 4.98 Å². The Hall–Kier alpha value is -1.95. The fraction of sp³-hybridized carbons (Fsp3) is 0.100. The smallest absolute Gasteiger partial charge is 0.187 e. The zero-order valence-corrected chi connectivity index (χ0v) is 9.40. The minimum absolute atomic E-state index is 0.541. The lowest BCUT2D eigenvalue weighted by Gasteiger charge is -1.96. The molecule has 0 aliphatic rings. The van der Waals surface area contributed by atoms with E-state index in [0.29, 0.717) is 5.13 Å². The van der Waals surface area contributed by atoms with Gasteiger partial charge < -0.3 is 5.73 Å². The molecule has 0 unspecified atom stereocenters. The Morgan fingerprint density at radius 2 is 2.25 bits per heavy atom. The number of nitrogens with zero attached hydrogens (tertiary/aromatic N) is 4. The average Bonchev–Trinajstić information content (AvgIpc) is 2.83. The maximum absolute atomic E-state index is 5.60. The normalized spacial score (nSPS) is 11.1. The largest absolute Gasteiger partial charge is 0.375 e. The van der Waals surface area contributed by atoms with Gasteiger partial charge in [0.25, 0.3) is 0 Å². The van der Waals surface area contributed by atoms with Crippen LogP contribution < -0.4 is 5.73 Å². The molecular formula is C10H9N5S. The summed E-state index contributed by atoms with van der Waals surface area (Å²) in [6.07, 6.45) is 1.94. The second-order valence-corrected chi connectivity index (χ2v) is 4.42. The number of hydrogen-bond acceptors (Lipinski definition) is 5. The molecule has 16 heavy (non-hydrogen) atoms. The Kier molecular flexibility index (Phi) is 1.90. The van der Waals surface area contributed by atoms with E-state index in [2.05, 4.69) is 15.2 Å². The van der Waals surface area contributed by atoms with Crippen molar-refractivity contribution < 1.29 is 0 Å². The van der Waals surface area contributed by atoms with Crippen LogP contribution in [-0.4, -0.2) is 19.6 Å². The molecule has 3 aromatic rings. The number of thiazole rings is 1. The van der Waals surface area contributed by atoms with Crippen molar-refractivity contribution in [1.29, 1.82) is 0 Å². The molecular weight excluding hydrogens is 222 g/mol. The Bertz CT molecular complexity index is 654. The first kappa shape index (κ1) is 9.29. The van der Waals surface area contributed by atoms with Crippen LogP contribution >= 0.6 is 11.3 Å². The molecule has 5 nitrogen and oxygen atoms in total. The van der Waals surface area contributed by atoms with Gasteiger partial charge in [-0.1, -0.05) is 0 Å². The first-order valence-corrected chi connectivity index (χ1v) is 5.65. The highest BCUT2D eigenvalue weighted by molar-refractivity contribution is 7.13. The number of pyridine rings is 1. The fourth-order valence-electron chi connectivity index (χ4n) is 1.56. The van der Waals surface area contributed by atoms with E-state index >= 15 is 0 Å². The number of anilines is 1. The van der Waals surface area contributed by atoms with Crippen LogP contribution in [0.25, 0.3) is 17.2 Å². The Morgan fingerprint density at radius 1 is 1.38 bits per heavy atom. The lowest BCUT2D eigenvalue weighted by Crippen LogP contribution is -1.90. The topological polar surface area (TPSA) is 69.1 Å². The number of nitrogens with two attached hydrogens (primary N) is 1. The van der Waals surface area contributed by atoms with E-state index in [1.54, 1.807) is 0 Å². The molecule has 3 aromatic heterocycles. The molecule has 3 rings (SSSR count). The van der Waals surface area contributed by atoms with Gasteiger partial charge in [0.05, 0.1) is 0 Å². The van der Waals surface area contributed by atoms with Crippen LogP contribution in [0.3, 0.4) is 0 Å². The highest BCUT2D eigenvalue weighted by Gasteiger charge is 2.10. The Morgan fingerprint density at radius 3 is 3.00 bits per heavy atom. The summed E-state index contributed by atoms with van der Waals surface area (Å²) >= 11 is 1.40. The third-order valence-corrected chi connectivity index (χ3v) is 2.99. The molecule has 3 heterocycles. The van der Waals surface area contributed by atoms with Gasteiger partial charge in [-0.2, -0.15) is 0 Å². The van der Waals surface area contributed by atoms with Gasteiger partial charge in [-0.05, 0) is 24.6 Å². The predicted octanol–water partition coefficient (Wildman–Crippen LogP) is 1.74. The van der Waals surface area contributed by atoms with Crippen LogP contribution in [0.1, 0.15) is 5.56 Å². The highest BCUT2D eigenvalue weighted by atomic mass is 32.1. The highest BCUT2D eigenvalue weighted by Crippen LogP contribution is 2.22. The monoisotopic (exact) mass is 231 g/mol. The van der Waals surface area contributed by atoms with Crippen LogP contribution in [0.2, 0.25) is 0 Å². The fourth-order valence-corrected chi connectivity index (χ4v) is 2.10. The van der Waals surface area contributed by atoms with E-state index in [1.165, 1.54) is 11.3 Å². The first-order valence-electron chi connectivity index (χ1n) is 4.77. The van der Waals surface area contributed by atoms with E-state index in [-0.39, 0.29) is 0 Å². The summed E-state index contributed by atoms with van der Waals surface area (Å²) in [4.78, 5) is 4.20. The SMILES string of the molecule is Cc1ccn2c(-c3csc(N)n3)nnc2c1. The predicted molar refractivity (Wildman–Crippen MR) is 63.2 cm³/mol. The standard InChI is InChI=1S/C10H9N5S/c1-6-2-3-15-8(4-6)13-14-9(15)7-5-16-10(11)12-7/h2-5H,1H3,(H2,11,12). The molecule has 0 aliphatic heterocycles. The zero-order chi connectivity index (χ0) is 11.1. The molecule has 0 saturated carbocycles. The number of nitrogen functional groups attached to an aromatic ring is 1. The molecule has 6 heteroatoms. The second-order valence-electron chi connectivity index (χ2n) is 3.53. The lowest BCUT2D eigenvalue weighted by atomic mass is 10.3. The maximum atomic E-state index is 5.60. The van der Waals surface area contributed by atoms with Crippen molar-refractivity contribution in [3.63, 3.8) is 0 Å². The van der Waals surface area contributed by atoms with Gasteiger partial charge in [-0.15, -0.1) is 21.5 Å². The van der Waals surface area contributed by atoms with Crippen molar-refractivity contribution in [1.82, 2.24) is 19.6 Å². The maximum Gasteiger partial charge on any atom is 0.187 e. The van der Waals surface area contributed by atoms with E-state index < -0.39 is 0 Å². The zero-order valence-electron chi connectivity index (χ0n) is 8.58. The van der Waals surface area contributed by atoms with Gasteiger partial charge in [-0.3, -0.25) is 4.40 Å². The molecule has 0 saturated heterocycles. The van der Waals surface area contributed by atoms with E-state index in [0.717, 1.165) is 22.7 Å². The minimum atomic E-state index is 0.541. The van der Waals surface area contributed by atoms with Gasteiger partial charge in [0.1, 0.15) is 5.69 Å². The molecule has 0 fully saturated rings. The van der Waals surface area contributed by atoms with Crippen molar-refractivity contribution in [2.45, 2.75) is 6.92 Å². The van der Waals surface area contributed by atoms with E-state index in [4.69, 9.17) is 5.73 Å². The quantitative estimate of drug-likeness (QED) is 0.692. The Labute approximate surface area is 95.6 Å². The molecule has 0 aromatic carbocycles. The van der Waals surface area contributed by atoms with Gasteiger partial charge >= 0.3 is 0 Å². The van der Waals surface area contributed by atoms with Crippen LogP contribution in [0.5, 0.6) is 0 Å². The number of rotatable bonds is 1. The molecule has 0 aliphatic carbocycles. The number of aromatic nitrogens is 4. The summed E-state index contributed by atoms with van der Waals surface area (Å²) in [5.41, 5.74) is 8.34. The van der Waals surface area contributed by atoms with Crippen LogP contribution in [0.15, 0.2) is 23.7 Å². The number of aryl methyl sites for hydroxylation is 1. The second kappa shape index (κ2) is 3.28. The molecule has 80 valence electrons. The molecule has 0 atom stereocenters. The van der Waals surface area contributed by atoms with Crippen LogP contribution in [0.4, 0.5) is 5.13 Å². The van der Waals surface area contributed by atoms with Crippen molar-refractivity contribution in [3.8, 4) is 11.5 Å². The molecule has 0 spiro atoms. The summed E-state index contributed by atoms with van der Waals surface area (Å²) in [5, 5.41) is 10.6. The van der Waals surface area contributed by atoms with Crippen molar-refractivity contribution in [2.75, 3.05) is 5.73 Å². The summed E-state index contributed by atoms with van der Waals surface area (Å²) in [7, 11) is 0. The van der Waals surface area contributed by atoms with Gasteiger partial charge in [0.15, 0.2) is 16.6 Å². The van der Waals surface area contributed by atoms with Gasteiger partial charge in [0, 0.05) is 11.6 Å². The van der Waals surface area contributed by atoms with Crippen LogP contribution in [0, 0.1) is 6.92 Å². The molecule has 0 radical (unpaired) electrons. The first-order chi connectivity index (χ1) is 7.74. The summed E-state index contributed by atoms with van der Waals surface area (Å²) < 4.78 is 1.90. The summed E-state index contributed by atoms with van der Waals surface area (Å²) in [6.45, 7) is 2.02. The van der Waals surface area contributed by atoms with Crippen molar-refractivity contribution >= 4 is 22.1 Å². The summed E-state index contributed by atoms with van der Waals surface area (Å²) in [6, 6.07) is 3.99. The molecule has 0 bridgehead atoms. The molecule has 2 N–H and O–H groups in total. The Balaban J connectivity index is 2.25.